The van der Waals surface area contributed by atoms with Gasteiger partial charge in [-0.05, 0) is 394 Å². The summed E-state index contributed by atoms with van der Waals surface area (Å²) >= 11 is 9.54. The number of hydrogen-bond acceptors (Lipinski definition) is 14. The van der Waals surface area contributed by atoms with E-state index in [2.05, 4.69) is 278 Å². The lowest BCUT2D eigenvalue weighted by molar-refractivity contribution is -0.120. The molecule has 0 radical (unpaired) electrons. The van der Waals surface area contributed by atoms with E-state index in [1.807, 2.05) is 26.8 Å². The van der Waals surface area contributed by atoms with E-state index in [-0.39, 0.29) is 100 Å². The second-order valence-corrected chi connectivity index (χ2v) is 53.2. The van der Waals surface area contributed by atoms with Gasteiger partial charge in [0.15, 0.2) is 0 Å². The van der Waals surface area contributed by atoms with Crippen molar-refractivity contribution in [1.82, 2.24) is 31.9 Å². The molecular weight excluding hydrogens is 2320 g/mol. The number of aliphatic hydroxyl groups is 3. The Labute approximate surface area is 916 Å². The minimum absolute atomic E-state index is 0.00599. The van der Waals surface area contributed by atoms with Crippen LogP contribution in [0.3, 0.4) is 0 Å². The van der Waals surface area contributed by atoms with Crippen molar-refractivity contribution < 1.29 is 74.6 Å². The van der Waals surface area contributed by atoms with Gasteiger partial charge < -0.3 is 72.9 Å². The van der Waals surface area contributed by atoms with Crippen LogP contribution in [0.25, 0.3) is 0 Å². The summed E-state index contributed by atoms with van der Waals surface area (Å²) in [4.78, 5) is 36.4. The van der Waals surface area contributed by atoms with Crippen LogP contribution >= 0.6 is 90.4 Å². The standard InChI is InChI=1S/C31H43F2IN2O3.C28H37F2IN2O2.C26H35F2IN2O.C16H24IN.C15H22FNO3Si/c1-29(2,3)21-15-22(17-25(34)16-21)31(10-8-7-9-11-31)35-19-27(37)26(36-28(38)39-30(4,5)6)14-20-12-23(32)18-24(33)13-20;1-18(34)33-25(12-19-10-22(29)16-23(30)11-19)26(35)17-32-28(8-6-5-7-9-28)21-13-20(27(2,3)4)14-24(31)15-21;1-25(2,3)18-12-19(14-22(29)13-18)26(7-5-4-6-8-26)31-16-24(32)23(30)11-17-9-20(27)15-21(28)10-17;1-15(2,3)12-9-13(11-14(17)10-12)16(18)7-5-4-6-8-16;1-15(2,3)20-14(18)17-12(13-8-19-13)6-9-4-10(16)7-11(21)5-9/h12-13,15-18,26-27,35,37H,7-11,14,19H2,1-6H3,(H,36,38);10-11,13-16,25-26,32,35H,5-9,12,17H2,1-4H3,(H,33,34);9-10,12-15,23-24,31-32H,4-8,11,16,30H2,1-3H3;9-11H,4-8,18H2,1-3H3;4-5,7,12-13H,6,8H2,1-3,21H3,(H,17,18)/t26-,27+;25-,26+;23-,24+;;12-,13+/m000.0/s1. The lowest BCUT2D eigenvalue weighted by Gasteiger charge is -2.41. The number of ether oxygens (including phenoxy) is 3. The van der Waals surface area contributed by atoms with E-state index >= 15 is 0 Å². The highest BCUT2D eigenvalue weighted by atomic mass is 127. The van der Waals surface area contributed by atoms with Crippen molar-refractivity contribution in [1.29, 1.82) is 0 Å². The summed E-state index contributed by atoms with van der Waals surface area (Å²) in [7, 11) is 0.793. The Hall–Kier alpha value is -5.94. The highest BCUT2D eigenvalue weighted by molar-refractivity contribution is 14.1. The first-order valence-corrected chi connectivity index (χ1v) is 56.9. The Bertz CT molecular complexity index is 5500. The number of rotatable bonds is 28. The van der Waals surface area contributed by atoms with Crippen LogP contribution in [0.5, 0.6) is 0 Å². The lowest BCUT2D eigenvalue weighted by Crippen LogP contribution is -2.54. The van der Waals surface area contributed by atoms with Gasteiger partial charge in [0.2, 0.25) is 5.91 Å². The number of epoxide rings is 1. The molecule has 1 saturated heterocycles. The van der Waals surface area contributed by atoms with E-state index in [1.165, 1.54) is 140 Å². The molecular formula is C116H161F7I4N8O9Si. The summed E-state index contributed by atoms with van der Waals surface area (Å²) in [5, 5.41) is 53.6. The maximum absolute atomic E-state index is 13.9. The number of carbonyl (C=O) groups is 3. The van der Waals surface area contributed by atoms with E-state index in [9.17, 15) is 60.4 Å². The van der Waals surface area contributed by atoms with Gasteiger partial charge in [-0.1, -0.05) is 196 Å². The van der Waals surface area contributed by atoms with Gasteiger partial charge in [-0.2, -0.15) is 0 Å². The third kappa shape index (κ3) is 39.9. The number of alkyl carbamates (subject to hydrolysis) is 2. The maximum atomic E-state index is 13.9. The fraction of sp³-hybridized carbons (Fsp3) is 0.560. The van der Waals surface area contributed by atoms with Crippen LogP contribution in [0.1, 0.15) is 327 Å². The van der Waals surface area contributed by atoms with E-state index in [0.717, 1.165) is 136 Å². The fourth-order valence-corrected chi connectivity index (χ4v) is 23.1. The molecule has 1 heterocycles. The molecule has 5 fully saturated rings. The van der Waals surface area contributed by atoms with Gasteiger partial charge in [0.25, 0.3) is 0 Å². The molecule has 8 aromatic carbocycles. The molecule has 0 unspecified atom stereocenters. The molecule has 3 amide bonds. The van der Waals surface area contributed by atoms with E-state index in [0.29, 0.717) is 36.3 Å². The van der Waals surface area contributed by atoms with Crippen molar-refractivity contribution >= 4 is 124 Å². The van der Waals surface area contributed by atoms with Crippen LogP contribution in [-0.2, 0) is 88.5 Å². The topological polar surface area (TPSA) is 267 Å². The molecule has 0 bridgehead atoms. The zero-order valence-electron chi connectivity index (χ0n) is 88.9. The quantitative estimate of drug-likeness (QED) is 0.00943. The van der Waals surface area contributed by atoms with Crippen LogP contribution < -0.4 is 48.6 Å². The monoisotopic (exact) mass is 2480 g/mol. The molecule has 8 aromatic rings. The van der Waals surface area contributed by atoms with Gasteiger partial charge in [0.05, 0.1) is 43.0 Å². The largest absolute Gasteiger partial charge is 0.444 e. The summed E-state index contributed by atoms with van der Waals surface area (Å²) in [6.45, 7) is 40.2. The van der Waals surface area contributed by atoms with Gasteiger partial charge in [-0.3, -0.25) is 4.79 Å². The summed E-state index contributed by atoms with van der Waals surface area (Å²) in [5.41, 5.74) is 23.3. The highest BCUT2D eigenvalue weighted by Gasteiger charge is 2.42. The zero-order valence-corrected chi connectivity index (χ0v) is 99.5. The van der Waals surface area contributed by atoms with Crippen LogP contribution in [0.4, 0.5) is 40.3 Å². The van der Waals surface area contributed by atoms with E-state index in [1.54, 1.807) is 26.8 Å². The normalized spacial score (nSPS) is 18.2. The molecule has 1 aliphatic heterocycles. The van der Waals surface area contributed by atoms with Crippen molar-refractivity contribution in [2.24, 2.45) is 11.5 Å². The maximum Gasteiger partial charge on any atom is 0.407 e. The number of halogens is 11. The summed E-state index contributed by atoms with van der Waals surface area (Å²) in [6.07, 6.45) is 19.1. The number of hydrogen-bond donors (Lipinski definition) is 11. The Morgan fingerprint density at radius 1 is 0.379 bits per heavy atom. The van der Waals surface area contributed by atoms with Crippen molar-refractivity contribution in [3.63, 3.8) is 0 Å². The Morgan fingerprint density at radius 3 is 0.959 bits per heavy atom. The Balaban J connectivity index is 0.000000207. The minimum atomic E-state index is -1.03. The van der Waals surface area contributed by atoms with Gasteiger partial charge in [0.1, 0.15) is 58.0 Å². The smallest absolute Gasteiger partial charge is 0.407 e. The minimum Gasteiger partial charge on any atom is -0.444 e. The number of amides is 3. The van der Waals surface area contributed by atoms with Gasteiger partial charge >= 0.3 is 12.2 Å². The van der Waals surface area contributed by atoms with Crippen molar-refractivity contribution in [2.45, 2.75) is 389 Å². The first kappa shape index (κ1) is 123. The zero-order chi connectivity index (χ0) is 107. The third-order valence-electron chi connectivity index (χ3n) is 27.8. The molecule has 8 atom stereocenters. The van der Waals surface area contributed by atoms with Crippen LogP contribution in [-0.4, -0.2) is 130 Å². The predicted molar refractivity (Wildman–Crippen MR) is 608 cm³/mol. The van der Waals surface area contributed by atoms with E-state index in [4.69, 9.17) is 25.7 Å². The second kappa shape index (κ2) is 53.6. The second-order valence-electron chi connectivity index (χ2n) is 47.0. The molecule has 800 valence electrons. The summed E-state index contributed by atoms with van der Waals surface area (Å²) in [6, 6.07) is 39.8. The SMILES string of the molecule is CC(=O)N[C@@H](Cc1cc(F)cc(F)c1)[C@H](O)CNC1(c2cc(I)cc(C(C)(C)C)c2)CCCCC1.CC(C)(C)OC(=O)N[C@@H](Cc1cc(F)cc(F)c1)[C@H](O)CNC1(c2cc(I)cc(C(C)(C)C)c2)CCCCC1.CC(C)(C)OC(=O)N[C@@H](Cc1cc(F)cc([SiH3])c1)[C@H]1CO1.CC(C)(C)c1cc(I)cc(C2(N)CCCCC2)c1.CC(C)(C)c1cc(I)cc(C2(NC[C@@H](O)[C@@H](N)Cc3cc(F)cc(F)c3)CCCCC2)c1. The number of nitrogens with one attached hydrogen (secondary N) is 6. The molecule has 4 saturated carbocycles. The van der Waals surface area contributed by atoms with Crippen molar-refractivity contribution in [2.75, 3.05) is 26.2 Å². The molecule has 29 heteroatoms. The average molecular weight is 2480 g/mol. The lowest BCUT2D eigenvalue weighted by atomic mass is 9.74. The summed E-state index contributed by atoms with van der Waals surface area (Å²) in [5.74, 6) is -4.56. The van der Waals surface area contributed by atoms with Gasteiger partial charge in [-0.25, -0.2) is 40.3 Å². The number of aliphatic hydroxyl groups excluding tert-OH is 3. The third-order valence-corrected chi connectivity index (χ3v) is 30.9. The molecule has 4 aliphatic carbocycles. The van der Waals surface area contributed by atoms with E-state index < -0.39 is 94.7 Å². The van der Waals surface area contributed by atoms with Crippen LogP contribution in [0, 0.1) is 55.0 Å². The summed E-state index contributed by atoms with van der Waals surface area (Å²) < 4.78 is 117. The fourth-order valence-electron chi connectivity index (χ4n) is 19.8. The Kier molecular flexibility index (Phi) is 45.3. The van der Waals surface area contributed by atoms with Gasteiger partial charge in [-0.15, -0.1) is 0 Å². The molecule has 13 N–H and O–H groups in total. The number of nitrogens with two attached hydrogens (primary N) is 2. The molecule has 17 nitrogen and oxygen atoms in total. The number of carbonyl (C=O) groups excluding carboxylic acids is 3. The molecule has 5 aliphatic rings. The highest BCUT2D eigenvalue weighted by Crippen LogP contribution is 2.45. The first-order valence-electron chi connectivity index (χ1n) is 51.6. The molecule has 145 heavy (non-hydrogen) atoms. The van der Waals surface area contributed by atoms with Crippen molar-refractivity contribution in [3.05, 3.63) is 267 Å². The molecule has 0 aromatic heterocycles. The van der Waals surface area contributed by atoms with Crippen LogP contribution in [0.2, 0.25) is 0 Å². The van der Waals surface area contributed by atoms with Crippen LogP contribution in [0.15, 0.2) is 146 Å². The first-order chi connectivity index (χ1) is 67.5. The number of benzene rings is 8. The molecule has 13 rings (SSSR count). The van der Waals surface area contributed by atoms with Gasteiger partial charge in [0, 0.05) is 97.5 Å². The Morgan fingerprint density at radius 2 is 0.655 bits per heavy atom. The van der Waals surface area contributed by atoms with Crippen molar-refractivity contribution in [3.8, 4) is 0 Å². The molecule has 0 spiro atoms. The average Bonchev–Trinajstić information content (AvgIpc) is 1.66. The predicted octanol–water partition coefficient (Wildman–Crippen LogP) is 23.7.